The minimum Gasteiger partial charge on any atom is -0.226 e. The molecule has 0 spiro atoms. The van der Waals surface area contributed by atoms with Crippen LogP contribution in [0.4, 0.5) is 0 Å². The molecule has 1 atom stereocenters. The number of hydrogen-bond donors (Lipinski definition) is 1. The highest BCUT2D eigenvalue weighted by Gasteiger charge is 2.02. The molecule has 0 aliphatic carbocycles. The van der Waals surface area contributed by atoms with Crippen LogP contribution in [0.15, 0.2) is 24.3 Å². The molecule has 0 fully saturated rings. The van der Waals surface area contributed by atoms with E-state index in [2.05, 4.69) is 36.0 Å². The number of aryl methyl sites for hydroxylation is 1. The Kier molecular flexibility index (Phi) is 4.99. The Balaban J connectivity index is 2.59. The molecule has 14 heavy (non-hydrogen) atoms. The first-order valence-corrected chi connectivity index (χ1v) is 5.60. The number of rotatable bonds is 5. The maximum atomic E-state index is 5.56. The first-order valence-electron chi connectivity index (χ1n) is 5.23. The van der Waals surface area contributed by atoms with E-state index in [1.165, 1.54) is 30.4 Å². The average molecular weight is 212 g/mol. The van der Waals surface area contributed by atoms with Crippen molar-refractivity contribution in [2.45, 2.75) is 39.2 Å². The molecular weight excluding hydrogens is 194 g/mol. The summed E-state index contributed by atoms with van der Waals surface area (Å²) in [6.07, 6.45) is 3.70. The van der Waals surface area contributed by atoms with Crippen LogP contribution in [0.5, 0.6) is 0 Å². The Labute approximate surface area is 91.6 Å². The molecule has 1 nitrogen and oxygen atoms in total. The lowest BCUT2D eigenvalue weighted by molar-refractivity contribution is 0.742. The zero-order valence-corrected chi connectivity index (χ0v) is 9.64. The van der Waals surface area contributed by atoms with Crippen LogP contribution in [0.3, 0.4) is 0 Å². The molecule has 78 valence electrons. The summed E-state index contributed by atoms with van der Waals surface area (Å²) in [5.41, 5.74) is 2.65. The second kappa shape index (κ2) is 6.05. The minimum absolute atomic E-state index is 0.219. The van der Waals surface area contributed by atoms with Crippen LogP contribution >= 0.6 is 11.8 Å². The van der Waals surface area contributed by atoms with E-state index in [0.717, 1.165) is 0 Å². The van der Waals surface area contributed by atoms with Crippen LogP contribution < -0.4 is 4.84 Å². The summed E-state index contributed by atoms with van der Waals surface area (Å²) in [5.74, 6) is 0. The first kappa shape index (κ1) is 11.5. The zero-order chi connectivity index (χ0) is 10.4. The molecule has 0 aromatic heterocycles. The second-order valence-electron chi connectivity index (χ2n) is 3.68. The third-order valence-electron chi connectivity index (χ3n) is 2.46. The molecule has 0 saturated carbocycles. The smallest absolute Gasteiger partial charge is 0.0442 e. The van der Waals surface area contributed by atoms with Crippen LogP contribution in [0.2, 0.25) is 0 Å². The number of hydrogen-bond acceptors (Lipinski definition) is 1. The molecule has 1 unspecified atom stereocenters. The topological polar surface area (TPSA) is 12.0 Å². The van der Waals surface area contributed by atoms with Crippen molar-refractivity contribution >= 4 is 11.8 Å². The van der Waals surface area contributed by atoms with Gasteiger partial charge in [-0.15, -0.1) is 0 Å². The van der Waals surface area contributed by atoms with Crippen molar-refractivity contribution < 1.29 is 0 Å². The van der Waals surface area contributed by atoms with Crippen molar-refractivity contribution in [1.29, 1.82) is 0 Å². The lowest BCUT2D eigenvalue weighted by atomic mass is 10.0. The van der Waals surface area contributed by atoms with E-state index in [-0.39, 0.29) is 6.04 Å². The van der Waals surface area contributed by atoms with Gasteiger partial charge in [-0.25, -0.2) is 4.84 Å². The third kappa shape index (κ3) is 3.32. The van der Waals surface area contributed by atoms with Crippen LogP contribution in [-0.2, 0) is 6.42 Å². The van der Waals surface area contributed by atoms with E-state index in [1.807, 2.05) is 6.92 Å². The van der Waals surface area contributed by atoms with Gasteiger partial charge in [-0.05, 0) is 42.7 Å². The van der Waals surface area contributed by atoms with E-state index >= 15 is 0 Å². The Morgan fingerprint density at radius 2 is 1.93 bits per heavy atom. The molecule has 1 aromatic rings. The molecule has 1 aromatic carbocycles. The molecule has 0 bridgehead atoms. The van der Waals surface area contributed by atoms with Gasteiger partial charge in [0, 0.05) is 6.04 Å². The Morgan fingerprint density at radius 1 is 1.29 bits per heavy atom. The molecular formula is C12H18ClN. The molecule has 0 amide bonds. The van der Waals surface area contributed by atoms with Gasteiger partial charge in [-0.3, -0.25) is 0 Å². The fraction of sp³-hybridized carbons (Fsp3) is 0.500. The first-order chi connectivity index (χ1) is 6.77. The summed E-state index contributed by atoms with van der Waals surface area (Å²) in [5, 5.41) is 0. The van der Waals surface area contributed by atoms with E-state index in [0.29, 0.717) is 0 Å². The van der Waals surface area contributed by atoms with E-state index < -0.39 is 0 Å². The van der Waals surface area contributed by atoms with Crippen molar-refractivity contribution in [3.8, 4) is 0 Å². The van der Waals surface area contributed by atoms with E-state index in [9.17, 15) is 0 Å². The summed E-state index contributed by atoms with van der Waals surface area (Å²) < 4.78 is 0. The Morgan fingerprint density at radius 3 is 2.43 bits per heavy atom. The monoisotopic (exact) mass is 211 g/mol. The van der Waals surface area contributed by atoms with Gasteiger partial charge in [0.2, 0.25) is 0 Å². The summed E-state index contributed by atoms with van der Waals surface area (Å²) >= 11 is 5.56. The molecule has 0 aliphatic heterocycles. The molecule has 0 aliphatic rings. The summed E-state index contributed by atoms with van der Waals surface area (Å²) in [4.78, 5) is 2.72. The van der Waals surface area contributed by atoms with Crippen LogP contribution in [0, 0.1) is 0 Å². The second-order valence-corrected chi connectivity index (χ2v) is 3.89. The van der Waals surface area contributed by atoms with Crippen molar-refractivity contribution in [2.75, 3.05) is 0 Å². The maximum Gasteiger partial charge on any atom is 0.0442 e. The van der Waals surface area contributed by atoms with Gasteiger partial charge in [0.25, 0.3) is 0 Å². The van der Waals surface area contributed by atoms with Gasteiger partial charge < -0.3 is 0 Å². The lowest BCUT2D eigenvalue weighted by Gasteiger charge is -2.09. The number of halogens is 1. The summed E-state index contributed by atoms with van der Waals surface area (Å²) in [6, 6.07) is 8.89. The van der Waals surface area contributed by atoms with Crippen molar-refractivity contribution in [3.05, 3.63) is 35.4 Å². The highest BCUT2D eigenvalue weighted by Crippen LogP contribution is 2.14. The number of benzene rings is 1. The van der Waals surface area contributed by atoms with E-state index in [1.54, 1.807) is 0 Å². The summed E-state index contributed by atoms with van der Waals surface area (Å²) in [6.45, 7) is 4.27. The molecule has 0 heterocycles. The van der Waals surface area contributed by atoms with Crippen molar-refractivity contribution in [3.63, 3.8) is 0 Å². The predicted octanol–water partition coefficient (Wildman–Crippen LogP) is 3.83. The zero-order valence-electron chi connectivity index (χ0n) is 8.89. The van der Waals surface area contributed by atoms with Gasteiger partial charge in [0.05, 0.1) is 0 Å². The Hall–Kier alpha value is -0.530. The van der Waals surface area contributed by atoms with Crippen molar-refractivity contribution in [2.24, 2.45) is 0 Å². The fourth-order valence-corrected chi connectivity index (χ4v) is 1.54. The van der Waals surface area contributed by atoms with Gasteiger partial charge in [-0.1, -0.05) is 37.6 Å². The normalized spacial score (nSPS) is 12.8. The van der Waals surface area contributed by atoms with Gasteiger partial charge in [0.15, 0.2) is 0 Å². The highest BCUT2D eigenvalue weighted by molar-refractivity contribution is 6.13. The molecule has 0 saturated heterocycles. The Bertz CT molecular complexity index is 256. The van der Waals surface area contributed by atoms with Crippen molar-refractivity contribution in [1.82, 2.24) is 4.84 Å². The highest BCUT2D eigenvalue weighted by atomic mass is 35.5. The average Bonchev–Trinajstić information content (AvgIpc) is 2.26. The van der Waals surface area contributed by atoms with Crippen LogP contribution in [0.25, 0.3) is 0 Å². The number of unbranched alkanes of at least 4 members (excludes halogenated alkanes) is 1. The van der Waals surface area contributed by atoms with Gasteiger partial charge in [0.1, 0.15) is 0 Å². The largest absolute Gasteiger partial charge is 0.226 e. The quantitative estimate of drug-likeness (QED) is 0.730. The molecule has 1 N–H and O–H groups in total. The SMILES string of the molecule is CCCCc1ccc(C(C)NCl)cc1. The van der Waals surface area contributed by atoms with Gasteiger partial charge >= 0.3 is 0 Å². The fourth-order valence-electron chi connectivity index (χ4n) is 1.42. The summed E-state index contributed by atoms with van der Waals surface area (Å²) in [7, 11) is 0. The third-order valence-corrected chi connectivity index (χ3v) is 2.79. The maximum absolute atomic E-state index is 5.56. The number of nitrogens with one attached hydrogen (secondary N) is 1. The standard InChI is InChI=1S/C12H18ClN/c1-3-4-5-11-6-8-12(9-7-11)10(2)14-13/h6-10,14H,3-5H2,1-2H3. The molecule has 2 heteroatoms. The predicted molar refractivity (Wildman–Crippen MR) is 62.5 cm³/mol. The molecule has 0 radical (unpaired) electrons. The molecule has 1 rings (SSSR count). The van der Waals surface area contributed by atoms with Crippen LogP contribution in [-0.4, -0.2) is 0 Å². The van der Waals surface area contributed by atoms with Gasteiger partial charge in [-0.2, -0.15) is 0 Å². The van der Waals surface area contributed by atoms with E-state index in [4.69, 9.17) is 11.8 Å². The van der Waals surface area contributed by atoms with Crippen LogP contribution in [0.1, 0.15) is 43.9 Å². The minimum atomic E-state index is 0.219. The lowest BCUT2D eigenvalue weighted by Crippen LogP contribution is -2.06.